The van der Waals surface area contributed by atoms with Crippen molar-refractivity contribution in [2.24, 2.45) is 10.8 Å². The highest BCUT2D eigenvalue weighted by molar-refractivity contribution is 5.13. The molecule has 1 atom stereocenters. The van der Waals surface area contributed by atoms with Gasteiger partial charge in [0.05, 0.1) is 0 Å². The van der Waals surface area contributed by atoms with Crippen LogP contribution in [0.15, 0.2) is 24.3 Å². The molecule has 0 heteroatoms. The van der Waals surface area contributed by atoms with Gasteiger partial charge in [-0.15, -0.1) is 0 Å². The fourth-order valence-electron chi connectivity index (χ4n) is 2.21. The molecule has 0 amide bonds. The van der Waals surface area contributed by atoms with E-state index in [0.717, 1.165) is 0 Å². The van der Waals surface area contributed by atoms with Gasteiger partial charge in [0.15, 0.2) is 0 Å². The molecule has 1 fully saturated rings. The predicted molar refractivity (Wildman–Crippen MR) is 59.7 cm³/mol. The maximum atomic E-state index is 2.39. The average molecular weight is 178 g/mol. The van der Waals surface area contributed by atoms with E-state index in [0.29, 0.717) is 10.8 Å². The Kier molecular flexibility index (Phi) is 3.00. The standard InChI is InChI=1S/C13H22/c1-5-6-7-10-13(4)11-8-9-12(13,2)3/h5-7,10H,8-9,11H2,1-4H3/b6-5+,10-7+/t13-/m1/s1. The summed E-state index contributed by atoms with van der Waals surface area (Å²) in [7, 11) is 0. The van der Waals surface area contributed by atoms with Crippen LogP contribution in [0.25, 0.3) is 0 Å². The summed E-state index contributed by atoms with van der Waals surface area (Å²) in [5.74, 6) is 0. The molecule has 0 spiro atoms. The van der Waals surface area contributed by atoms with E-state index in [2.05, 4.69) is 52.0 Å². The van der Waals surface area contributed by atoms with Gasteiger partial charge >= 0.3 is 0 Å². The quantitative estimate of drug-likeness (QED) is 0.552. The van der Waals surface area contributed by atoms with E-state index in [1.165, 1.54) is 19.3 Å². The fourth-order valence-corrected chi connectivity index (χ4v) is 2.21. The smallest absolute Gasteiger partial charge is 0.00923 e. The van der Waals surface area contributed by atoms with Crippen molar-refractivity contribution in [3.63, 3.8) is 0 Å². The molecule has 0 aromatic carbocycles. The second-order valence-electron chi connectivity index (χ2n) is 5.04. The molecule has 0 radical (unpaired) electrons. The van der Waals surface area contributed by atoms with Crippen LogP contribution < -0.4 is 0 Å². The van der Waals surface area contributed by atoms with E-state index in [4.69, 9.17) is 0 Å². The maximum absolute atomic E-state index is 2.39. The van der Waals surface area contributed by atoms with E-state index in [1.807, 2.05) is 0 Å². The first-order valence-corrected chi connectivity index (χ1v) is 5.32. The van der Waals surface area contributed by atoms with Gasteiger partial charge in [-0.2, -0.15) is 0 Å². The third kappa shape index (κ3) is 2.04. The summed E-state index contributed by atoms with van der Waals surface area (Å²) in [6.45, 7) is 9.23. The summed E-state index contributed by atoms with van der Waals surface area (Å²) in [5, 5.41) is 0. The number of rotatable bonds is 2. The van der Waals surface area contributed by atoms with Crippen LogP contribution in [0.3, 0.4) is 0 Å². The predicted octanol–water partition coefficient (Wildman–Crippen LogP) is 4.34. The van der Waals surface area contributed by atoms with Gasteiger partial charge in [-0.1, -0.05) is 51.5 Å². The highest BCUT2D eigenvalue weighted by Crippen LogP contribution is 2.53. The first-order chi connectivity index (χ1) is 6.02. The Morgan fingerprint density at radius 1 is 1.00 bits per heavy atom. The minimum absolute atomic E-state index is 0.409. The molecular weight excluding hydrogens is 156 g/mol. The zero-order valence-electron chi connectivity index (χ0n) is 9.43. The average Bonchev–Trinajstić information content (AvgIpc) is 2.28. The van der Waals surface area contributed by atoms with E-state index in [9.17, 15) is 0 Å². The molecule has 13 heavy (non-hydrogen) atoms. The highest BCUT2D eigenvalue weighted by atomic mass is 14.5. The van der Waals surface area contributed by atoms with Gasteiger partial charge in [-0.3, -0.25) is 0 Å². The van der Waals surface area contributed by atoms with Crippen LogP contribution in [0.4, 0.5) is 0 Å². The van der Waals surface area contributed by atoms with Crippen molar-refractivity contribution in [3.8, 4) is 0 Å². The Morgan fingerprint density at radius 2 is 1.69 bits per heavy atom. The van der Waals surface area contributed by atoms with Gasteiger partial charge in [0, 0.05) is 0 Å². The molecule has 0 bridgehead atoms. The Balaban J connectivity index is 2.75. The molecule has 1 aliphatic rings. The van der Waals surface area contributed by atoms with Crippen molar-refractivity contribution in [3.05, 3.63) is 24.3 Å². The van der Waals surface area contributed by atoms with Crippen molar-refractivity contribution < 1.29 is 0 Å². The van der Waals surface area contributed by atoms with E-state index in [-0.39, 0.29) is 0 Å². The minimum atomic E-state index is 0.409. The summed E-state index contributed by atoms with van der Waals surface area (Å²) in [6, 6.07) is 0. The summed E-state index contributed by atoms with van der Waals surface area (Å²) in [4.78, 5) is 0. The maximum Gasteiger partial charge on any atom is -0.00923 e. The molecule has 0 nitrogen and oxygen atoms in total. The van der Waals surface area contributed by atoms with Crippen molar-refractivity contribution in [1.29, 1.82) is 0 Å². The largest absolute Gasteiger partial charge is 0.0877 e. The van der Waals surface area contributed by atoms with Crippen LogP contribution in [0.1, 0.15) is 47.0 Å². The summed E-state index contributed by atoms with van der Waals surface area (Å²) in [6.07, 6.45) is 12.9. The van der Waals surface area contributed by atoms with Crippen LogP contribution >= 0.6 is 0 Å². The lowest BCUT2D eigenvalue weighted by molar-refractivity contribution is 0.193. The fraction of sp³-hybridized carbons (Fsp3) is 0.692. The Labute approximate surface area is 82.7 Å². The monoisotopic (exact) mass is 178 g/mol. The lowest BCUT2D eigenvalue weighted by atomic mass is 9.69. The summed E-state index contributed by atoms with van der Waals surface area (Å²) in [5.41, 5.74) is 0.886. The van der Waals surface area contributed by atoms with Crippen molar-refractivity contribution in [1.82, 2.24) is 0 Å². The number of allylic oxidation sites excluding steroid dienone is 4. The van der Waals surface area contributed by atoms with Gasteiger partial charge in [-0.05, 0) is 30.6 Å². The van der Waals surface area contributed by atoms with Gasteiger partial charge in [0.1, 0.15) is 0 Å². The van der Waals surface area contributed by atoms with Crippen LogP contribution in [0.2, 0.25) is 0 Å². The molecule has 0 aliphatic heterocycles. The Morgan fingerprint density at radius 3 is 2.15 bits per heavy atom. The van der Waals surface area contributed by atoms with Gasteiger partial charge in [-0.25, -0.2) is 0 Å². The zero-order chi connectivity index (χ0) is 9.95. The molecule has 0 aromatic heterocycles. The normalized spacial score (nSPS) is 33.5. The topological polar surface area (TPSA) is 0 Å². The lowest BCUT2D eigenvalue weighted by Crippen LogP contribution is -2.27. The first-order valence-electron chi connectivity index (χ1n) is 5.32. The van der Waals surface area contributed by atoms with Crippen molar-refractivity contribution in [2.75, 3.05) is 0 Å². The third-order valence-corrected chi connectivity index (χ3v) is 3.81. The SMILES string of the molecule is C/C=C/C=C/[C@]1(C)CCCC1(C)C. The van der Waals surface area contributed by atoms with E-state index >= 15 is 0 Å². The zero-order valence-corrected chi connectivity index (χ0v) is 9.43. The van der Waals surface area contributed by atoms with Crippen LogP contribution in [-0.2, 0) is 0 Å². The summed E-state index contributed by atoms with van der Waals surface area (Å²) < 4.78 is 0. The molecule has 1 rings (SSSR count). The molecule has 1 aliphatic carbocycles. The molecular formula is C13H22. The number of hydrogen-bond donors (Lipinski definition) is 0. The second kappa shape index (κ2) is 3.69. The summed E-state index contributed by atoms with van der Waals surface area (Å²) >= 11 is 0. The minimum Gasteiger partial charge on any atom is -0.0877 e. The van der Waals surface area contributed by atoms with E-state index < -0.39 is 0 Å². The number of hydrogen-bond acceptors (Lipinski definition) is 0. The van der Waals surface area contributed by atoms with Gasteiger partial charge < -0.3 is 0 Å². The van der Waals surface area contributed by atoms with Gasteiger partial charge in [0.25, 0.3) is 0 Å². The molecule has 0 saturated heterocycles. The van der Waals surface area contributed by atoms with E-state index in [1.54, 1.807) is 0 Å². The van der Waals surface area contributed by atoms with Crippen molar-refractivity contribution >= 4 is 0 Å². The Bertz CT molecular complexity index is 220. The van der Waals surface area contributed by atoms with Gasteiger partial charge in [0.2, 0.25) is 0 Å². The third-order valence-electron chi connectivity index (χ3n) is 3.81. The molecule has 0 unspecified atom stereocenters. The lowest BCUT2D eigenvalue weighted by Gasteiger charge is -2.35. The van der Waals surface area contributed by atoms with Crippen LogP contribution in [0, 0.1) is 10.8 Å². The van der Waals surface area contributed by atoms with Crippen LogP contribution in [0.5, 0.6) is 0 Å². The van der Waals surface area contributed by atoms with Crippen molar-refractivity contribution in [2.45, 2.75) is 47.0 Å². The first kappa shape index (κ1) is 10.6. The molecule has 1 saturated carbocycles. The molecule has 0 aromatic rings. The second-order valence-corrected chi connectivity index (χ2v) is 5.04. The molecule has 74 valence electrons. The molecule has 0 N–H and O–H groups in total. The highest BCUT2D eigenvalue weighted by Gasteiger charge is 2.42. The molecule has 0 heterocycles. The van der Waals surface area contributed by atoms with Crippen LogP contribution in [-0.4, -0.2) is 0 Å². The Hall–Kier alpha value is -0.520.